The highest BCUT2D eigenvalue weighted by Gasteiger charge is 2.30. The number of rotatable bonds is 3. The van der Waals surface area contributed by atoms with E-state index in [-0.39, 0.29) is 0 Å². The van der Waals surface area contributed by atoms with Crippen LogP contribution in [0.15, 0.2) is 36.4 Å². The quantitative estimate of drug-likeness (QED) is 0.894. The van der Waals surface area contributed by atoms with E-state index in [2.05, 4.69) is 28.6 Å². The highest BCUT2D eigenvalue weighted by molar-refractivity contribution is 5.59. The third-order valence-electron chi connectivity index (χ3n) is 4.09. The number of hydrogen-bond donors (Lipinski definition) is 2. The molecular formula is C16H21N3O. The number of piperidine rings is 1. The molecule has 4 nitrogen and oxygen atoms in total. The summed E-state index contributed by atoms with van der Waals surface area (Å²) in [5.74, 6) is 0. The van der Waals surface area contributed by atoms with Gasteiger partial charge < -0.3 is 10.4 Å². The summed E-state index contributed by atoms with van der Waals surface area (Å²) in [7, 11) is 1.95. The molecule has 1 fully saturated rings. The fourth-order valence-corrected chi connectivity index (χ4v) is 2.83. The summed E-state index contributed by atoms with van der Waals surface area (Å²) in [5, 5.41) is 18.5. The van der Waals surface area contributed by atoms with Gasteiger partial charge in [0, 0.05) is 24.7 Å². The molecule has 0 amide bonds. The van der Waals surface area contributed by atoms with Crippen molar-refractivity contribution in [2.45, 2.75) is 24.9 Å². The average molecular weight is 271 g/mol. The van der Waals surface area contributed by atoms with Crippen molar-refractivity contribution in [3.63, 3.8) is 0 Å². The first kappa shape index (κ1) is 13.3. The van der Waals surface area contributed by atoms with Gasteiger partial charge in [0.15, 0.2) is 0 Å². The van der Waals surface area contributed by atoms with E-state index in [1.54, 1.807) is 0 Å². The SMILES string of the molecule is Cn1nc(-c2ccccc2)cc1CC1(O)CCNCC1. The molecule has 0 unspecified atom stereocenters. The molecular weight excluding hydrogens is 250 g/mol. The first-order valence-electron chi connectivity index (χ1n) is 7.18. The van der Waals surface area contributed by atoms with Crippen molar-refractivity contribution in [3.05, 3.63) is 42.1 Å². The number of aromatic nitrogens is 2. The monoisotopic (exact) mass is 271 g/mol. The second-order valence-electron chi connectivity index (χ2n) is 5.66. The Morgan fingerprint density at radius 2 is 1.95 bits per heavy atom. The zero-order valence-corrected chi connectivity index (χ0v) is 11.8. The molecule has 106 valence electrons. The molecule has 2 aromatic rings. The maximum Gasteiger partial charge on any atom is 0.0925 e. The maximum atomic E-state index is 10.6. The molecule has 0 spiro atoms. The topological polar surface area (TPSA) is 50.1 Å². The zero-order chi connectivity index (χ0) is 14.0. The van der Waals surface area contributed by atoms with Crippen LogP contribution in [0, 0.1) is 0 Å². The highest BCUT2D eigenvalue weighted by Crippen LogP contribution is 2.25. The van der Waals surface area contributed by atoms with Crippen LogP contribution in [-0.4, -0.2) is 33.6 Å². The zero-order valence-electron chi connectivity index (χ0n) is 11.8. The lowest BCUT2D eigenvalue weighted by molar-refractivity contribution is 0.00926. The Labute approximate surface area is 119 Å². The predicted molar refractivity (Wildman–Crippen MR) is 79.4 cm³/mol. The number of nitrogens with zero attached hydrogens (tertiary/aromatic N) is 2. The molecule has 1 aromatic carbocycles. The van der Waals surface area contributed by atoms with Crippen molar-refractivity contribution in [2.75, 3.05) is 13.1 Å². The first-order chi connectivity index (χ1) is 9.66. The Morgan fingerprint density at radius 1 is 1.25 bits per heavy atom. The largest absolute Gasteiger partial charge is 0.389 e. The average Bonchev–Trinajstić information content (AvgIpc) is 2.81. The normalized spacial score (nSPS) is 18.1. The van der Waals surface area contributed by atoms with Crippen molar-refractivity contribution in [1.82, 2.24) is 15.1 Å². The van der Waals surface area contributed by atoms with Gasteiger partial charge >= 0.3 is 0 Å². The van der Waals surface area contributed by atoms with E-state index in [0.717, 1.165) is 42.9 Å². The number of nitrogens with one attached hydrogen (secondary N) is 1. The molecule has 4 heteroatoms. The third-order valence-corrected chi connectivity index (χ3v) is 4.09. The summed E-state index contributed by atoms with van der Waals surface area (Å²) in [4.78, 5) is 0. The minimum atomic E-state index is -0.590. The Hall–Kier alpha value is -1.65. The third kappa shape index (κ3) is 2.76. The molecule has 3 rings (SSSR count). The highest BCUT2D eigenvalue weighted by atomic mass is 16.3. The van der Waals surface area contributed by atoms with Crippen LogP contribution in [0.1, 0.15) is 18.5 Å². The number of benzene rings is 1. The summed E-state index contributed by atoms with van der Waals surface area (Å²) in [6.07, 6.45) is 2.28. The molecule has 2 heterocycles. The van der Waals surface area contributed by atoms with Gasteiger partial charge in [-0.2, -0.15) is 5.10 Å². The second kappa shape index (κ2) is 5.38. The van der Waals surface area contributed by atoms with Crippen LogP contribution in [0.3, 0.4) is 0 Å². The van der Waals surface area contributed by atoms with Gasteiger partial charge in [-0.05, 0) is 32.0 Å². The fourth-order valence-electron chi connectivity index (χ4n) is 2.83. The molecule has 1 aromatic heterocycles. The number of hydrogen-bond acceptors (Lipinski definition) is 3. The van der Waals surface area contributed by atoms with Gasteiger partial charge in [0.05, 0.1) is 11.3 Å². The van der Waals surface area contributed by atoms with Crippen LogP contribution in [-0.2, 0) is 13.5 Å². The molecule has 0 bridgehead atoms. The smallest absolute Gasteiger partial charge is 0.0925 e. The summed E-state index contributed by atoms with van der Waals surface area (Å²) in [6.45, 7) is 1.78. The van der Waals surface area contributed by atoms with Crippen molar-refractivity contribution >= 4 is 0 Å². The van der Waals surface area contributed by atoms with Crippen molar-refractivity contribution in [3.8, 4) is 11.3 Å². The van der Waals surface area contributed by atoms with E-state index in [0.29, 0.717) is 6.42 Å². The predicted octanol–water partition coefficient (Wildman–Crippen LogP) is 1.74. The lowest BCUT2D eigenvalue weighted by atomic mass is 9.87. The molecule has 1 saturated heterocycles. The van der Waals surface area contributed by atoms with Gasteiger partial charge in [-0.1, -0.05) is 30.3 Å². The molecule has 0 radical (unpaired) electrons. The van der Waals surface area contributed by atoms with E-state index >= 15 is 0 Å². The lowest BCUT2D eigenvalue weighted by Gasteiger charge is -2.32. The molecule has 20 heavy (non-hydrogen) atoms. The summed E-state index contributed by atoms with van der Waals surface area (Å²) < 4.78 is 1.89. The summed E-state index contributed by atoms with van der Waals surface area (Å²) in [6, 6.07) is 12.3. The van der Waals surface area contributed by atoms with Gasteiger partial charge in [0.25, 0.3) is 0 Å². The number of aryl methyl sites for hydroxylation is 1. The van der Waals surface area contributed by atoms with E-state index in [4.69, 9.17) is 0 Å². The van der Waals surface area contributed by atoms with Crippen LogP contribution in [0.5, 0.6) is 0 Å². The van der Waals surface area contributed by atoms with Crippen LogP contribution < -0.4 is 5.32 Å². The summed E-state index contributed by atoms with van der Waals surface area (Å²) in [5.41, 5.74) is 2.59. The van der Waals surface area contributed by atoms with E-state index in [1.165, 1.54) is 0 Å². The van der Waals surface area contributed by atoms with Gasteiger partial charge in [-0.3, -0.25) is 4.68 Å². The van der Waals surface area contributed by atoms with Gasteiger partial charge in [0.1, 0.15) is 0 Å². The number of aliphatic hydroxyl groups is 1. The van der Waals surface area contributed by atoms with E-state index in [1.807, 2.05) is 29.9 Å². The van der Waals surface area contributed by atoms with Crippen LogP contribution in [0.25, 0.3) is 11.3 Å². The van der Waals surface area contributed by atoms with Gasteiger partial charge in [-0.25, -0.2) is 0 Å². The van der Waals surface area contributed by atoms with Crippen molar-refractivity contribution < 1.29 is 5.11 Å². The molecule has 0 atom stereocenters. The fraction of sp³-hybridized carbons (Fsp3) is 0.438. The molecule has 0 aliphatic carbocycles. The maximum absolute atomic E-state index is 10.6. The molecule has 0 saturated carbocycles. The first-order valence-corrected chi connectivity index (χ1v) is 7.18. The van der Waals surface area contributed by atoms with Crippen molar-refractivity contribution in [2.24, 2.45) is 7.05 Å². The minimum absolute atomic E-state index is 0.590. The van der Waals surface area contributed by atoms with Crippen LogP contribution in [0.2, 0.25) is 0 Å². The van der Waals surface area contributed by atoms with Crippen LogP contribution >= 0.6 is 0 Å². The Kier molecular flexibility index (Phi) is 3.59. The Bertz CT molecular complexity index is 571. The Balaban J connectivity index is 1.82. The molecule has 1 aliphatic heterocycles. The van der Waals surface area contributed by atoms with Crippen LogP contribution in [0.4, 0.5) is 0 Å². The van der Waals surface area contributed by atoms with Crippen molar-refractivity contribution in [1.29, 1.82) is 0 Å². The lowest BCUT2D eigenvalue weighted by Crippen LogP contribution is -2.43. The standard InChI is InChI=1S/C16H21N3O/c1-19-14(12-16(20)7-9-17-10-8-16)11-15(18-19)13-5-3-2-4-6-13/h2-6,11,17,20H,7-10,12H2,1H3. The summed E-state index contributed by atoms with van der Waals surface area (Å²) >= 11 is 0. The van der Waals surface area contributed by atoms with Gasteiger partial charge in [0.2, 0.25) is 0 Å². The molecule has 2 N–H and O–H groups in total. The molecule has 1 aliphatic rings. The second-order valence-corrected chi connectivity index (χ2v) is 5.66. The van der Waals surface area contributed by atoms with E-state index < -0.39 is 5.60 Å². The van der Waals surface area contributed by atoms with Gasteiger partial charge in [-0.15, -0.1) is 0 Å². The minimum Gasteiger partial charge on any atom is -0.389 e. The van der Waals surface area contributed by atoms with E-state index in [9.17, 15) is 5.11 Å². The Morgan fingerprint density at radius 3 is 2.65 bits per heavy atom.